The van der Waals surface area contributed by atoms with Gasteiger partial charge in [-0.2, -0.15) is 4.31 Å². The van der Waals surface area contributed by atoms with Gasteiger partial charge >= 0.3 is 0 Å². The molecule has 1 aliphatic rings. The molecule has 2 atom stereocenters. The maximum Gasteiger partial charge on any atom is 0.243 e. The topological polar surface area (TPSA) is 63.4 Å². The molecule has 0 aromatic heterocycles. The number of hydrogen-bond acceptors (Lipinski definition) is 3. The lowest BCUT2D eigenvalue weighted by atomic mass is 9.86. The van der Waals surface area contributed by atoms with Crippen LogP contribution in [0.1, 0.15) is 38.2 Å². The van der Waals surface area contributed by atoms with Crippen molar-refractivity contribution in [3.8, 4) is 0 Å². The summed E-state index contributed by atoms with van der Waals surface area (Å²) >= 11 is 0. The summed E-state index contributed by atoms with van der Waals surface area (Å²) in [6.07, 6.45) is 4.35. The van der Waals surface area contributed by atoms with Crippen LogP contribution in [0.5, 0.6) is 0 Å². The Balaban J connectivity index is 2.34. The van der Waals surface area contributed by atoms with E-state index in [-0.39, 0.29) is 12.6 Å². The predicted octanol–water partition coefficient (Wildman–Crippen LogP) is 2.34. The van der Waals surface area contributed by atoms with Crippen LogP contribution in [-0.4, -0.2) is 25.8 Å². The molecular weight excluding hydrogens is 272 g/mol. The summed E-state index contributed by atoms with van der Waals surface area (Å²) < 4.78 is 27.2. The third kappa shape index (κ3) is 2.90. The molecule has 0 amide bonds. The molecular formula is C15H24N2O2S. The molecule has 2 N–H and O–H groups in total. The molecule has 1 aromatic carbocycles. The van der Waals surface area contributed by atoms with Crippen LogP contribution in [0.15, 0.2) is 29.2 Å². The highest BCUT2D eigenvalue weighted by molar-refractivity contribution is 7.89. The molecule has 5 heteroatoms. The van der Waals surface area contributed by atoms with Crippen LogP contribution in [0, 0.1) is 5.92 Å². The number of hydrogen-bond donors (Lipinski definition) is 1. The first-order valence-corrected chi connectivity index (χ1v) is 8.68. The van der Waals surface area contributed by atoms with Gasteiger partial charge in [-0.25, -0.2) is 8.42 Å². The third-order valence-electron chi connectivity index (χ3n) is 4.38. The van der Waals surface area contributed by atoms with Crippen molar-refractivity contribution in [1.29, 1.82) is 0 Å². The number of benzene rings is 1. The summed E-state index contributed by atoms with van der Waals surface area (Å²) in [7, 11) is -1.76. The van der Waals surface area contributed by atoms with Gasteiger partial charge in [-0.3, -0.25) is 0 Å². The van der Waals surface area contributed by atoms with Crippen LogP contribution in [-0.2, 0) is 16.6 Å². The fourth-order valence-electron chi connectivity index (χ4n) is 3.09. The monoisotopic (exact) mass is 296 g/mol. The molecule has 1 aliphatic carbocycles. The summed E-state index contributed by atoms with van der Waals surface area (Å²) in [4.78, 5) is 0.350. The van der Waals surface area contributed by atoms with Gasteiger partial charge in [0, 0.05) is 19.6 Å². The van der Waals surface area contributed by atoms with E-state index in [1.165, 1.54) is 6.42 Å². The van der Waals surface area contributed by atoms with Crippen molar-refractivity contribution in [2.75, 3.05) is 7.05 Å². The average molecular weight is 296 g/mol. The van der Waals surface area contributed by atoms with Crippen LogP contribution < -0.4 is 5.73 Å². The molecule has 2 unspecified atom stereocenters. The standard InChI is InChI=1S/C15H24N2O2S/c1-12-7-3-5-9-14(12)17(2)20(18,19)15-10-6-4-8-13(15)11-16/h4,6,8,10,12,14H,3,5,7,9,11,16H2,1-2H3. The van der Waals surface area contributed by atoms with Crippen LogP contribution in [0.2, 0.25) is 0 Å². The zero-order valence-corrected chi connectivity index (χ0v) is 13.1. The second-order valence-corrected chi connectivity index (χ2v) is 7.63. The Morgan fingerprint density at radius 3 is 2.55 bits per heavy atom. The fourth-order valence-corrected chi connectivity index (χ4v) is 4.81. The van der Waals surface area contributed by atoms with Crippen LogP contribution in [0.25, 0.3) is 0 Å². The molecule has 0 aliphatic heterocycles. The highest BCUT2D eigenvalue weighted by atomic mass is 32.2. The molecule has 0 bridgehead atoms. The van der Waals surface area contributed by atoms with E-state index in [9.17, 15) is 8.42 Å². The summed E-state index contributed by atoms with van der Waals surface area (Å²) in [6, 6.07) is 7.11. The van der Waals surface area contributed by atoms with Gasteiger partial charge in [0.25, 0.3) is 0 Å². The first-order chi connectivity index (χ1) is 9.48. The van der Waals surface area contributed by atoms with E-state index in [0.29, 0.717) is 16.4 Å². The molecule has 0 heterocycles. The highest BCUT2D eigenvalue weighted by Gasteiger charge is 2.33. The Hall–Kier alpha value is -0.910. The highest BCUT2D eigenvalue weighted by Crippen LogP contribution is 2.31. The van der Waals surface area contributed by atoms with Crippen LogP contribution in [0.4, 0.5) is 0 Å². The maximum atomic E-state index is 12.8. The second-order valence-electron chi connectivity index (χ2n) is 5.66. The molecule has 4 nitrogen and oxygen atoms in total. The molecule has 0 radical (unpaired) electrons. The number of sulfonamides is 1. The van der Waals surface area contributed by atoms with Gasteiger partial charge in [-0.15, -0.1) is 0 Å². The SMILES string of the molecule is CC1CCCCC1N(C)S(=O)(=O)c1ccccc1CN. The van der Waals surface area contributed by atoms with Gasteiger partial charge in [0.2, 0.25) is 10.0 Å². The Morgan fingerprint density at radius 1 is 1.25 bits per heavy atom. The minimum atomic E-state index is -3.46. The van der Waals surface area contributed by atoms with Crippen molar-refractivity contribution in [1.82, 2.24) is 4.31 Å². The van der Waals surface area contributed by atoms with E-state index in [0.717, 1.165) is 19.3 Å². The molecule has 1 aromatic rings. The van der Waals surface area contributed by atoms with Gasteiger partial charge in [0.05, 0.1) is 4.90 Å². The number of nitrogens with zero attached hydrogens (tertiary/aromatic N) is 1. The second kappa shape index (κ2) is 6.24. The quantitative estimate of drug-likeness (QED) is 0.927. The van der Waals surface area contributed by atoms with Crippen molar-refractivity contribution in [3.05, 3.63) is 29.8 Å². The van der Waals surface area contributed by atoms with Gasteiger partial charge in [-0.05, 0) is 30.4 Å². The van der Waals surface area contributed by atoms with E-state index < -0.39 is 10.0 Å². The summed E-state index contributed by atoms with van der Waals surface area (Å²) in [6.45, 7) is 2.38. The minimum absolute atomic E-state index is 0.0968. The molecule has 1 saturated carbocycles. The van der Waals surface area contributed by atoms with Gasteiger partial charge in [0.15, 0.2) is 0 Å². The number of nitrogens with two attached hydrogens (primary N) is 1. The normalized spacial score (nSPS) is 24.0. The first-order valence-electron chi connectivity index (χ1n) is 7.24. The Morgan fingerprint density at radius 2 is 1.90 bits per heavy atom. The lowest BCUT2D eigenvalue weighted by molar-refractivity contribution is 0.213. The molecule has 112 valence electrons. The van der Waals surface area contributed by atoms with E-state index in [4.69, 9.17) is 5.73 Å². The van der Waals surface area contributed by atoms with Crippen LogP contribution in [0.3, 0.4) is 0 Å². The lowest BCUT2D eigenvalue weighted by Crippen LogP contribution is -2.42. The average Bonchev–Trinajstić information content (AvgIpc) is 2.47. The van der Waals surface area contributed by atoms with Crippen molar-refractivity contribution in [3.63, 3.8) is 0 Å². The summed E-state index contributed by atoms with van der Waals surface area (Å²) in [5, 5.41) is 0. The van der Waals surface area contributed by atoms with E-state index >= 15 is 0 Å². The predicted molar refractivity (Wildman–Crippen MR) is 80.7 cm³/mol. The van der Waals surface area contributed by atoms with Crippen molar-refractivity contribution in [2.45, 2.75) is 50.1 Å². The maximum absolute atomic E-state index is 12.8. The molecule has 20 heavy (non-hydrogen) atoms. The Labute approximate surface area is 122 Å². The van der Waals surface area contributed by atoms with Gasteiger partial charge < -0.3 is 5.73 Å². The largest absolute Gasteiger partial charge is 0.326 e. The minimum Gasteiger partial charge on any atom is -0.326 e. The van der Waals surface area contributed by atoms with Gasteiger partial charge in [-0.1, -0.05) is 38.0 Å². The van der Waals surface area contributed by atoms with Crippen molar-refractivity contribution in [2.24, 2.45) is 11.7 Å². The van der Waals surface area contributed by atoms with E-state index in [2.05, 4.69) is 6.92 Å². The van der Waals surface area contributed by atoms with E-state index in [1.807, 2.05) is 6.07 Å². The fraction of sp³-hybridized carbons (Fsp3) is 0.600. The molecule has 0 saturated heterocycles. The smallest absolute Gasteiger partial charge is 0.243 e. The molecule has 0 spiro atoms. The van der Waals surface area contributed by atoms with Crippen LogP contribution >= 0.6 is 0 Å². The lowest BCUT2D eigenvalue weighted by Gasteiger charge is -2.35. The van der Waals surface area contributed by atoms with Crippen molar-refractivity contribution >= 4 is 10.0 Å². The Bertz CT molecular complexity index is 557. The zero-order valence-electron chi connectivity index (χ0n) is 12.2. The van der Waals surface area contributed by atoms with Gasteiger partial charge in [0.1, 0.15) is 0 Å². The summed E-state index contributed by atoms with van der Waals surface area (Å²) in [5.41, 5.74) is 6.35. The first kappa shape index (κ1) is 15.5. The number of rotatable bonds is 4. The van der Waals surface area contributed by atoms with Crippen molar-refractivity contribution < 1.29 is 8.42 Å². The van der Waals surface area contributed by atoms with E-state index in [1.54, 1.807) is 29.6 Å². The third-order valence-corrected chi connectivity index (χ3v) is 6.37. The summed E-state index contributed by atoms with van der Waals surface area (Å²) in [5.74, 6) is 0.411. The molecule has 2 rings (SSSR count). The Kier molecular flexibility index (Phi) is 4.83. The molecule has 1 fully saturated rings. The zero-order chi connectivity index (χ0) is 14.8.